The van der Waals surface area contributed by atoms with Gasteiger partial charge in [-0.15, -0.1) is 5.10 Å². The van der Waals surface area contributed by atoms with Crippen LogP contribution in [0.2, 0.25) is 0 Å². The minimum Gasteiger partial charge on any atom is -0.467 e. The third-order valence-corrected chi connectivity index (χ3v) is 7.34. The lowest BCUT2D eigenvalue weighted by Gasteiger charge is -2.39. The van der Waals surface area contributed by atoms with E-state index < -0.39 is 0 Å². The summed E-state index contributed by atoms with van der Waals surface area (Å²) >= 11 is 0. The van der Waals surface area contributed by atoms with Crippen molar-refractivity contribution in [2.75, 3.05) is 6.79 Å². The quantitative estimate of drug-likeness (QED) is 0.392. The second-order valence-corrected chi connectivity index (χ2v) is 9.58. The molecule has 10 heteroatoms. The van der Waals surface area contributed by atoms with Crippen LogP contribution in [0.5, 0.6) is 11.5 Å². The van der Waals surface area contributed by atoms with Crippen LogP contribution in [-0.4, -0.2) is 42.9 Å². The molecule has 0 radical (unpaired) electrons. The fourth-order valence-electron chi connectivity index (χ4n) is 5.54. The number of aromatic nitrogens is 5. The monoisotopic (exact) mass is 490 g/mol. The van der Waals surface area contributed by atoms with E-state index in [0.29, 0.717) is 30.6 Å². The Balaban J connectivity index is 1.36. The number of pyridine rings is 1. The van der Waals surface area contributed by atoms with Crippen LogP contribution in [0.4, 0.5) is 0 Å². The molecule has 1 N–H and O–H groups in total. The number of hydrogen-bond acceptors (Lipinski definition) is 8. The van der Waals surface area contributed by atoms with E-state index in [1.54, 1.807) is 6.26 Å². The first-order chi connectivity index (χ1) is 17.7. The van der Waals surface area contributed by atoms with E-state index in [4.69, 9.17) is 13.9 Å². The van der Waals surface area contributed by atoms with Gasteiger partial charge in [-0.05, 0) is 54.0 Å². The van der Waals surface area contributed by atoms with E-state index in [2.05, 4.69) is 32.3 Å². The molecule has 3 aromatic heterocycles. The zero-order valence-corrected chi connectivity index (χ0v) is 20.4. The largest absolute Gasteiger partial charge is 0.467 e. The van der Waals surface area contributed by atoms with Gasteiger partial charge in [0, 0.05) is 29.6 Å². The average Bonchev–Trinajstić information content (AvgIpc) is 3.67. The maximum absolute atomic E-state index is 13.2. The molecule has 0 spiro atoms. The van der Waals surface area contributed by atoms with Crippen LogP contribution in [-0.2, 0) is 13.1 Å². The molecule has 1 aliphatic carbocycles. The third-order valence-electron chi connectivity index (χ3n) is 7.34. The number of nitrogens with zero attached hydrogens (tertiary/aromatic N) is 5. The second kappa shape index (κ2) is 9.77. The first-order valence-electron chi connectivity index (χ1n) is 12.7. The van der Waals surface area contributed by atoms with Crippen LogP contribution >= 0.6 is 0 Å². The van der Waals surface area contributed by atoms with Crippen molar-refractivity contribution < 1.29 is 13.9 Å². The zero-order valence-electron chi connectivity index (χ0n) is 20.4. The van der Waals surface area contributed by atoms with Crippen molar-refractivity contribution in [3.05, 3.63) is 64.1 Å². The lowest BCUT2D eigenvalue weighted by atomic mass is 9.92. The first-order valence-corrected chi connectivity index (χ1v) is 12.7. The molecule has 1 fully saturated rings. The number of fused-ring (bicyclic) bond motifs is 2. The van der Waals surface area contributed by atoms with Gasteiger partial charge in [0.25, 0.3) is 5.56 Å². The molecule has 0 bridgehead atoms. The van der Waals surface area contributed by atoms with Gasteiger partial charge in [-0.25, -0.2) is 4.68 Å². The predicted molar refractivity (Wildman–Crippen MR) is 132 cm³/mol. The lowest BCUT2D eigenvalue weighted by molar-refractivity contribution is 0.0842. The number of furan rings is 1. The van der Waals surface area contributed by atoms with E-state index in [0.717, 1.165) is 47.3 Å². The average molecular weight is 491 g/mol. The molecule has 6 rings (SSSR count). The van der Waals surface area contributed by atoms with Crippen molar-refractivity contribution in [2.24, 2.45) is 0 Å². The highest BCUT2D eigenvalue weighted by molar-refractivity contribution is 5.83. The van der Waals surface area contributed by atoms with Gasteiger partial charge in [0.15, 0.2) is 17.3 Å². The second-order valence-electron chi connectivity index (χ2n) is 9.58. The number of benzene rings is 1. The van der Waals surface area contributed by atoms with Crippen LogP contribution in [0.3, 0.4) is 0 Å². The van der Waals surface area contributed by atoms with Gasteiger partial charge in [-0.2, -0.15) is 0 Å². The fourth-order valence-corrected chi connectivity index (χ4v) is 5.54. The van der Waals surface area contributed by atoms with Crippen LogP contribution in [0, 0.1) is 0 Å². The molecule has 4 aromatic rings. The maximum Gasteiger partial charge on any atom is 0.252 e. The summed E-state index contributed by atoms with van der Waals surface area (Å²) in [5.41, 5.74) is 1.37. The Morgan fingerprint density at radius 1 is 1.17 bits per heavy atom. The number of aromatic amines is 1. The van der Waals surface area contributed by atoms with E-state index >= 15 is 0 Å². The lowest BCUT2D eigenvalue weighted by Crippen LogP contribution is -2.41. The summed E-state index contributed by atoms with van der Waals surface area (Å²) in [4.78, 5) is 18.7. The first kappa shape index (κ1) is 22.8. The maximum atomic E-state index is 13.2. The molecule has 1 aliphatic heterocycles. The standard InChI is InChI=1S/C26H30N6O4/c1-2-22(25-28-29-30-32(25)15-20-9-6-10-34-20)31(19-7-4-3-5-8-19)14-18-11-17-12-23-24(36-16-35-23)13-21(17)27-26(18)33/h6,9-13,19,22H,2-5,7-8,14-16H2,1H3,(H,27,33). The minimum atomic E-state index is -0.0906. The molecule has 10 nitrogen and oxygen atoms in total. The van der Waals surface area contributed by atoms with Crippen molar-refractivity contribution in [2.45, 2.75) is 70.6 Å². The number of ether oxygens (including phenoxy) is 2. The van der Waals surface area contributed by atoms with Crippen molar-refractivity contribution in [3.63, 3.8) is 0 Å². The Hall–Kier alpha value is -3.66. The van der Waals surface area contributed by atoms with Crippen LogP contribution in [0.1, 0.15) is 68.6 Å². The van der Waals surface area contributed by atoms with E-state index in [9.17, 15) is 4.79 Å². The zero-order chi connectivity index (χ0) is 24.5. The van der Waals surface area contributed by atoms with Gasteiger partial charge in [-0.1, -0.05) is 26.2 Å². The molecule has 0 saturated heterocycles. The SMILES string of the molecule is CCC(c1nnnn1Cc1ccco1)N(Cc1cc2cc3c(cc2[nH]c1=O)OCO3)C1CCCCC1. The molecule has 1 atom stereocenters. The van der Waals surface area contributed by atoms with Crippen molar-refractivity contribution in [1.82, 2.24) is 30.1 Å². The van der Waals surface area contributed by atoms with E-state index in [1.807, 2.05) is 35.0 Å². The number of rotatable bonds is 8. The van der Waals surface area contributed by atoms with Gasteiger partial charge in [-0.3, -0.25) is 9.69 Å². The molecule has 188 valence electrons. The molecule has 1 unspecified atom stereocenters. The van der Waals surface area contributed by atoms with Crippen molar-refractivity contribution in [1.29, 1.82) is 0 Å². The number of hydrogen-bond donors (Lipinski definition) is 1. The summed E-state index contributed by atoms with van der Waals surface area (Å²) in [6, 6.07) is 9.84. The van der Waals surface area contributed by atoms with Crippen molar-refractivity contribution >= 4 is 10.9 Å². The highest BCUT2D eigenvalue weighted by Gasteiger charge is 2.32. The molecule has 4 heterocycles. The predicted octanol–water partition coefficient (Wildman–Crippen LogP) is 4.17. The minimum absolute atomic E-state index is 0.0371. The summed E-state index contributed by atoms with van der Waals surface area (Å²) in [5, 5.41) is 13.6. The molecular weight excluding hydrogens is 460 g/mol. The highest BCUT2D eigenvalue weighted by Crippen LogP contribution is 2.36. The summed E-state index contributed by atoms with van der Waals surface area (Å²) in [5.74, 6) is 2.95. The third kappa shape index (κ3) is 4.37. The van der Waals surface area contributed by atoms with Gasteiger partial charge in [0.2, 0.25) is 6.79 Å². The van der Waals surface area contributed by atoms with Gasteiger partial charge < -0.3 is 18.9 Å². The Kier molecular flexibility index (Phi) is 6.18. The van der Waals surface area contributed by atoms with Crippen LogP contribution in [0.25, 0.3) is 10.9 Å². The van der Waals surface area contributed by atoms with Gasteiger partial charge in [0.05, 0.1) is 17.8 Å². The normalized spacial score (nSPS) is 16.7. The van der Waals surface area contributed by atoms with Crippen molar-refractivity contribution in [3.8, 4) is 11.5 Å². The van der Waals surface area contributed by atoms with E-state index in [1.165, 1.54) is 19.3 Å². The highest BCUT2D eigenvalue weighted by atomic mass is 16.7. The summed E-state index contributed by atoms with van der Waals surface area (Å²) in [6.07, 6.45) is 8.30. The summed E-state index contributed by atoms with van der Waals surface area (Å²) in [7, 11) is 0. The molecule has 36 heavy (non-hydrogen) atoms. The molecule has 1 aromatic carbocycles. The Morgan fingerprint density at radius 3 is 2.78 bits per heavy atom. The smallest absolute Gasteiger partial charge is 0.252 e. The van der Waals surface area contributed by atoms with E-state index in [-0.39, 0.29) is 18.4 Å². The molecule has 2 aliphatic rings. The Labute approximate surface area is 208 Å². The summed E-state index contributed by atoms with van der Waals surface area (Å²) in [6.45, 7) is 3.32. The topological polar surface area (TPSA) is 111 Å². The van der Waals surface area contributed by atoms with Gasteiger partial charge >= 0.3 is 0 Å². The summed E-state index contributed by atoms with van der Waals surface area (Å²) < 4.78 is 18.4. The Morgan fingerprint density at radius 2 is 2.00 bits per heavy atom. The Bertz CT molecular complexity index is 1390. The fraction of sp³-hybridized carbons (Fsp3) is 0.462. The number of nitrogens with one attached hydrogen (secondary N) is 1. The number of tetrazole rings is 1. The molecule has 0 amide bonds. The van der Waals surface area contributed by atoms with Crippen LogP contribution in [0.15, 0.2) is 45.8 Å². The van der Waals surface area contributed by atoms with Crippen LogP contribution < -0.4 is 15.0 Å². The molecular formula is C26H30N6O4. The number of H-pyrrole nitrogens is 1. The molecule has 1 saturated carbocycles. The van der Waals surface area contributed by atoms with Gasteiger partial charge in [0.1, 0.15) is 12.3 Å².